The molecular formula is C11H13N3OS. The Morgan fingerprint density at radius 3 is 3.00 bits per heavy atom. The van der Waals surface area contributed by atoms with Crippen molar-refractivity contribution in [1.82, 2.24) is 5.43 Å². The fourth-order valence-corrected chi connectivity index (χ4v) is 1.25. The summed E-state index contributed by atoms with van der Waals surface area (Å²) in [6, 6.07) is 5.41. The molecule has 0 atom stereocenters. The summed E-state index contributed by atoms with van der Waals surface area (Å²) in [7, 11) is 0. The molecule has 1 aromatic rings. The maximum Gasteiger partial charge on any atom is 0.184 e. The van der Waals surface area contributed by atoms with E-state index in [1.165, 1.54) is 6.21 Å². The van der Waals surface area contributed by atoms with E-state index in [0.29, 0.717) is 12.0 Å². The molecule has 0 radical (unpaired) electrons. The van der Waals surface area contributed by atoms with E-state index in [0.717, 1.165) is 5.56 Å². The molecule has 0 aliphatic heterocycles. The Morgan fingerprint density at radius 1 is 1.62 bits per heavy atom. The number of allylic oxidation sites excluding steroid dienone is 1. The van der Waals surface area contributed by atoms with E-state index in [2.05, 4.69) is 29.3 Å². The number of hydrazone groups is 1. The zero-order chi connectivity index (χ0) is 12.0. The topological polar surface area (TPSA) is 70.6 Å². The molecule has 0 unspecified atom stereocenters. The number of nitrogens with two attached hydrogens (primary N) is 1. The van der Waals surface area contributed by atoms with Crippen molar-refractivity contribution in [3.8, 4) is 5.75 Å². The number of hydrogen-bond acceptors (Lipinski definition) is 3. The van der Waals surface area contributed by atoms with Gasteiger partial charge >= 0.3 is 0 Å². The Kier molecular flexibility index (Phi) is 4.47. The molecule has 0 aromatic heterocycles. The number of phenolic OH excluding ortho intramolecular Hbond substituents is 1. The standard InChI is InChI=1S/C11H13N3OS/c1-2-4-8-5-3-6-9(10(8)15)7-13-14-11(12)16/h2-3,5-7,15H,1,4H2,(H3,12,14,16). The predicted molar refractivity (Wildman–Crippen MR) is 69.5 cm³/mol. The second-order valence-electron chi connectivity index (χ2n) is 3.08. The molecule has 0 spiro atoms. The highest BCUT2D eigenvalue weighted by atomic mass is 32.1. The van der Waals surface area contributed by atoms with Crippen LogP contribution in [0.25, 0.3) is 0 Å². The Labute approximate surface area is 99.5 Å². The first-order valence-electron chi connectivity index (χ1n) is 4.65. The monoisotopic (exact) mass is 235 g/mol. The molecule has 0 saturated carbocycles. The van der Waals surface area contributed by atoms with Crippen LogP contribution >= 0.6 is 12.2 Å². The Morgan fingerprint density at radius 2 is 2.38 bits per heavy atom. The average molecular weight is 235 g/mol. The van der Waals surface area contributed by atoms with Crippen molar-refractivity contribution in [3.05, 3.63) is 42.0 Å². The van der Waals surface area contributed by atoms with Gasteiger partial charge in [-0.05, 0) is 30.3 Å². The van der Waals surface area contributed by atoms with Gasteiger partial charge in [0.2, 0.25) is 0 Å². The van der Waals surface area contributed by atoms with Crippen molar-refractivity contribution >= 4 is 23.5 Å². The molecule has 16 heavy (non-hydrogen) atoms. The first kappa shape index (κ1) is 12.2. The molecule has 1 rings (SSSR count). The Bertz CT molecular complexity index is 429. The molecule has 0 saturated heterocycles. The summed E-state index contributed by atoms with van der Waals surface area (Å²) in [5, 5.41) is 13.7. The van der Waals surface area contributed by atoms with Crippen molar-refractivity contribution < 1.29 is 5.11 Å². The summed E-state index contributed by atoms with van der Waals surface area (Å²) in [5.41, 5.74) is 9.02. The highest BCUT2D eigenvalue weighted by molar-refractivity contribution is 7.80. The third-order valence-electron chi connectivity index (χ3n) is 1.89. The normalized spacial score (nSPS) is 10.2. The Hall–Kier alpha value is -1.88. The van der Waals surface area contributed by atoms with E-state index in [9.17, 15) is 5.11 Å². The lowest BCUT2D eigenvalue weighted by Crippen LogP contribution is -2.24. The molecule has 0 aliphatic carbocycles. The van der Waals surface area contributed by atoms with Gasteiger partial charge in [0, 0.05) is 5.56 Å². The van der Waals surface area contributed by atoms with Crippen LogP contribution in [0.15, 0.2) is 36.0 Å². The van der Waals surface area contributed by atoms with Crippen LogP contribution in [0.5, 0.6) is 5.75 Å². The third kappa shape index (κ3) is 3.36. The lowest BCUT2D eigenvalue weighted by molar-refractivity contribution is 0.469. The molecule has 4 nitrogen and oxygen atoms in total. The largest absolute Gasteiger partial charge is 0.507 e. The van der Waals surface area contributed by atoms with E-state index >= 15 is 0 Å². The zero-order valence-electron chi connectivity index (χ0n) is 8.68. The van der Waals surface area contributed by atoms with Crippen molar-refractivity contribution in [3.63, 3.8) is 0 Å². The summed E-state index contributed by atoms with van der Waals surface area (Å²) in [5.74, 6) is 0.191. The van der Waals surface area contributed by atoms with Gasteiger partial charge < -0.3 is 10.8 Å². The quantitative estimate of drug-likeness (QED) is 0.318. The Balaban J connectivity index is 2.88. The first-order valence-corrected chi connectivity index (χ1v) is 5.06. The number of thiocarbonyl (C=S) groups is 1. The molecule has 0 fully saturated rings. The van der Waals surface area contributed by atoms with Gasteiger partial charge in [-0.25, -0.2) is 0 Å². The summed E-state index contributed by atoms with van der Waals surface area (Å²) in [6.07, 6.45) is 3.79. The number of rotatable bonds is 4. The first-order chi connectivity index (χ1) is 7.65. The van der Waals surface area contributed by atoms with Crippen molar-refractivity contribution in [2.45, 2.75) is 6.42 Å². The minimum Gasteiger partial charge on any atom is -0.507 e. The van der Waals surface area contributed by atoms with E-state index < -0.39 is 0 Å². The molecule has 0 bridgehead atoms. The van der Waals surface area contributed by atoms with Crippen LogP contribution in [0, 0.1) is 0 Å². The number of para-hydroxylation sites is 1. The van der Waals surface area contributed by atoms with Crippen molar-refractivity contribution in [2.75, 3.05) is 0 Å². The highest BCUT2D eigenvalue weighted by Gasteiger charge is 2.03. The van der Waals surface area contributed by atoms with Crippen LogP contribution in [0.4, 0.5) is 0 Å². The smallest absolute Gasteiger partial charge is 0.184 e. The molecule has 0 heterocycles. The van der Waals surface area contributed by atoms with Gasteiger partial charge in [0.25, 0.3) is 0 Å². The van der Waals surface area contributed by atoms with Gasteiger partial charge in [-0.1, -0.05) is 18.2 Å². The van der Waals surface area contributed by atoms with Gasteiger partial charge in [0.1, 0.15) is 5.75 Å². The van der Waals surface area contributed by atoms with E-state index in [1.54, 1.807) is 12.1 Å². The van der Waals surface area contributed by atoms with Crippen LogP contribution in [0.2, 0.25) is 0 Å². The number of hydrogen-bond donors (Lipinski definition) is 3. The van der Waals surface area contributed by atoms with Crippen LogP contribution in [-0.4, -0.2) is 16.4 Å². The van der Waals surface area contributed by atoms with Crippen LogP contribution < -0.4 is 11.2 Å². The summed E-state index contributed by atoms with van der Waals surface area (Å²) in [6.45, 7) is 3.62. The van der Waals surface area contributed by atoms with E-state index in [-0.39, 0.29) is 10.9 Å². The van der Waals surface area contributed by atoms with E-state index in [1.807, 2.05) is 12.1 Å². The van der Waals surface area contributed by atoms with Crippen LogP contribution in [0.3, 0.4) is 0 Å². The summed E-state index contributed by atoms with van der Waals surface area (Å²) < 4.78 is 0. The number of benzene rings is 1. The molecule has 0 aliphatic rings. The lowest BCUT2D eigenvalue weighted by Gasteiger charge is -2.04. The van der Waals surface area contributed by atoms with Gasteiger partial charge in [-0.15, -0.1) is 6.58 Å². The third-order valence-corrected chi connectivity index (χ3v) is 1.98. The molecule has 1 aromatic carbocycles. The maximum absolute atomic E-state index is 9.85. The SMILES string of the molecule is C=CCc1cccc(C=NNC(N)=S)c1O. The second kappa shape index (κ2) is 5.87. The predicted octanol–water partition coefficient (Wildman–Crippen LogP) is 1.29. The number of phenols is 1. The van der Waals surface area contributed by atoms with Crippen molar-refractivity contribution in [1.29, 1.82) is 0 Å². The number of aromatic hydroxyl groups is 1. The minimum absolute atomic E-state index is 0.0815. The zero-order valence-corrected chi connectivity index (χ0v) is 9.50. The molecule has 84 valence electrons. The summed E-state index contributed by atoms with van der Waals surface area (Å²) >= 11 is 4.59. The molecule has 5 heteroatoms. The van der Waals surface area contributed by atoms with Gasteiger partial charge in [-0.3, -0.25) is 5.43 Å². The molecule has 4 N–H and O–H groups in total. The maximum atomic E-state index is 9.85. The van der Waals surface area contributed by atoms with Crippen LogP contribution in [0.1, 0.15) is 11.1 Å². The van der Waals surface area contributed by atoms with Crippen LogP contribution in [-0.2, 0) is 6.42 Å². The van der Waals surface area contributed by atoms with Gasteiger partial charge in [0.15, 0.2) is 5.11 Å². The fourth-order valence-electron chi connectivity index (χ4n) is 1.20. The average Bonchev–Trinajstić information content (AvgIpc) is 2.23. The lowest BCUT2D eigenvalue weighted by atomic mass is 10.1. The van der Waals surface area contributed by atoms with Gasteiger partial charge in [0.05, 0.1) is 6.21 Å². The number of nitrogens with zero attached hydrogens (tertiary/aromatic N) is 1. The molecule has 0 amide bonds. The van der Waals surface area contributed by atoms with Crippen molar-refractivity contribution in [2.24, 2.45) is 10.8 Å². The molecular weight excluding hydrogens is 222 g/mol. The summed E-state index contributed by atoms with van der Waals surface area (Å²) in [4.78, 5) is 0. The van der Waals surface area contributed by atoms with Gasteiger partial charge in [-0.2, -0.15) is 5.10 Å². The fraction of sp³-hybridized carbons (Fsp3) is 0.0909. The number of nitrogens with one attached hydrogen (secondary N) is 1. The highest BCUT2D eigenvalue weighted by Crippen LogP contribution is 2.21. The minimum atomic E-state index is 0.0815. The van der Waals surface area contributed by atoms with E-state index in [4.69, 9.17) is 5.73 Å². The second-order valence-corrected chi connectivity index (χ2v) is 3.52.